The summed E-state index contributed by atoms with van der Waals surface area (Å²) in [7, 11) is 3.24. The molecule has 0 atom stereocenters. The molecule has 2 aromatic carbocycles. The first-order valence-electron chi connectivity index (χ1n) is 10.4. The van der Waals surface area contributed by atoms with Gasteiger partial charge < -0.3 is 14.4 Å². The van der Waals surface area contributed by atoms with E-state index in [0.29, 0.717) is 17.9 Å². The molecule has 0 aliphatic carbocycles. The number of hydrogen-bond donors (Lipinski definition) is 0. The Morgan fingerprint density at radius 1 is 1.00 bits per heavy atom. The van der Waals surface area contributed by atoms with E-state index in [1.54, 1.807) is 14.2 Å². The highest BCUT2D eigenvalue weighted by Gasteiger charge is 2.22. The molecule has 0 N–H and O–H groups in total. The molecular weight excluding hydrogens is 410 g/mol. The molecule has 162 valence electrons. The third-order valence-corrected chi connectivity index (χ3v) is 6.43. The number of rotatable bonds is 7. The van der Waals surface area contributed by atoms with Crippen LogP contribution < -0.4 is 9.47 Å². The van der Waals surface area contributed by atoms with E-state index in [0.717, 1.165) is 49.0 Å². The van der Waals surface area contributed by atoms with Crippen molar-refractivity contribution < 1.29 is 14.3 Å². The molecule has 2 heterocycles. The highest BCUT2D eigenvalue weighted by atomic mass is 32.1. The number of aromatic nitrogens is 1. The number of carbonyl (C=O) groups is 1. The minimum absolute atomic E-state index is 0.142. The van der Waals surface area contributed by atoms with Crippen LogP contribution in [-0.2, 0) is 17.8 Å². The highest BCUT2D eigenvalue weighted by Crippen LogP contribution is 2.33. The number of methoxy groups -OCH3 is 2. The number of piperazine rings is 1. The summed E-state index contributed by atoms with van der Waals surface area (Å²) in [5, 5.41) is 2.84. The summed E-state index contributed by atoms with van der Waals surface area (Å²) in [6.45, 7) is 4.25. The van der Waals surface area contributed by atoms with E-state index in [2.05, 4.69) is 34.1 Å². The lowest BCUT2D eigenvalue weighted by atomic mass is 10.2. The van der Waals surface area contributed by atoms with Gasteiger partial charge in [-0.1, -0.05) is 30.3 Å². The average molecular weight is 438 g/mol. The van der Waals surface area contributed by atoms with Crippen LogP contribution in [-0.4, -0.2) is 61.1 Å². The van der Waals surface area contributed by atoms with Gasteiger partial charge in [-0.05, 0) is 23.8 Å². The molecule has 3 aromatic rings. The fraction of sp³-hybridized carbons (Fsp3) is 0.333. The molecule has 4 rings (SSSR count). The molecule has 1 aliphatic rings. The summed E-state index contributed by atoms with van der Waals surface area (Å²) in [5.41, 5.74) is 3.08. The number of carbonyl (C=O) groups excluding carboxylic acids is 1. The number of hydrogen-bond acceptors (Lipinski definition) is 6. The van der Waals surface area contributed by atoms with Gasteiger partial charge in [-0.25, -0.2) is 4.98 Å². The lowest BCUT2D eigenvalue weighted by Crippen LogP contribution is -2.48. The van der Waals surface area contributed by atoms with E-state index in [1.807, 2.05) is 34.5 Å². The number of benzene rings is 2. The van der Waals surface area contributed by atoms with Gasteiger partial charge in [0.25, 0.3) is 0 Å². The van der Waals surface area contributed by atoms with Crippen molar-refractivity contribution in [2.75, 3.05) is 40.4 Å². The summed E-state index contributed by atoms with van der Waals surface area (Å²) in [5.74, 6) is 1.49. The van der Waals surface area contributed by atoms with Gasteiger partial charge in [0.15, 0.2) is 11.5 Å². The van der Waals surface area contributed by atoms with E-state index in [4.69, 9.17) is 9.47 Å². The van der Waals surface area contributed by atoms with Crippen LogP contribution in [0.3, 0.4) is 0 Å². The van der Waals surface area contributed by atoms with Crippen LogP contribution in [0.15, 0.2) is 53.9 Å². The number of ether oxygens (including phenoxy) is 2. The van der Waals surface area contributed by atoms with Crippen molar-refractivity contribution in [2.24, 2.45) is 0 Å². The van der Waals surface area contributed by atoms with E-state index in [-0.39, 0.29) is 5.91 Å². The van der Waals surface area contributed by atoms with Crippen molar-refractivity contribution in [1.29, 1.82) is 0 Å². The minimum atomic E-state index is 0.142. The molecule has 0 bridgehead atoms. The van der Waals surface area contributed by atoms with Crippen LogP contribution in [0.25, 0.3) is 10.6 Å². The second kappa shape index (κ2) is 9.94. The maximum Gasteiger partial charge on any atom is 0.228 e. The Kier molecular flexibility index (Phi) is 6.84. The SMILES string of the molecule is COc1ccc(-c2nc(CC(=O)N3CCN(Cc4ccccc4)CC3)cs2)cc1OC. The first-order valence-corrected chi connectivity index (χ1v) is 11.2. The first kappa shape index (κ1) is 21.3. The van der Waals surface area contributed by atoms with Gasteiger partial charge in [0.2, 0.25) is 5.91 Å². The van der Waals surface area contributed by atoms with E-state index >= 15 is 0 Å². The lowest BCUT2D eigenvalue weighted by molar-refractivity contribution is -0.132. The maximum atomic E-state index is 12.8. The van der Waals surface area contributed by atoms with E-state index < -0.39 is 0 Å². The summed E-state index contributed by atoms with van der Waals surface area (Å²) in [6.07, 6.45) is 0.336. The Morgan fingerprint density at radius 2 is 1.74 bits per heavy atom. The molecule has 1 aromatic heterocycles. The second-order valence-corrected chi connectivity index (χ2v) is 8.39. The summed E-state index contributed by atoms with van der Waals surface area (Å²) < 4.78 is 10.7. The van der Waals surface area contributed by atoms with Gasteiger partial charge >= 0.3 is 0 Å². The highest BCUT2D eigenvalue weighted by molar-refractivity contribution is 7.13. The largest absolute Gasteiger partial charge is 0.493 e. The van der Waals surface area contributed by atoms with Crippen LogP contribution in [0.1, 0.15) is 11.3 Å². The number of thiazole rings is 1. The standard InChI is InChI=1S/C24H27N3O3S/c1-29-21-9-8-19(14-22(21)30-2)24-25-20(17-31-24)15-23(28)27-12-10-26(11-13-27)16-18-6-4-3-5-7-18/h3-9,14,17H,10-13,15-16H2,1-2H3. The predicted molar refractivity (Wildman–Crippen MR) is 123 cm³/mol. The van der Waals surface area contributed by atoms with Gasteiger partial charge in [-0.3, -0.25) is 9.69 Å². The first-order chi connectivity index (χ1) is 15.2. The Labute approximate surface area is 187 Å². The fourth-order valence-corrected chi connectivity index (χ4v) is 4.57. The van der Waals surface area contributed by atoms with Crippen LogP contribution in [0, 0.1) is 0 Å². The van der Waals surface area contributed by atoms with Crippen LogP contribution in [0.5, 0.6) is 11.5 Å². The molecule has 0 radical (unpaired) electrons. The normalized spacial score (nSPS) is 14.5. The van der Waals surface area contributed by atoms with Crippen LogP contribution >= 0.6 is 11.3 Å². The van der Waals surface area contributed by atoms with Gasteiger partial charge in [0.1, 0.15) is 5.01 Å². The summed E-state index contributed by atoms with van der Waals surface area (Å²) in [4.78, 5) is 21.8. The van der Waals surface area contributed by atoms with Crippen molar-refractivity contribution in [3.8, 4) is 22.1 Å². The Bertz CT molecular complexity index is 1010. The zero-order valence-corrected chi connectivity index (χ0v) is 18.7. The topological polar surface area (TPSA) is 54.9 Å². The molecule has 31 heavy (non-hydrogen) atoms. The summed E-state index contributed by atoms with van der Waals surface area (Å²) in [6, 6.07) is 16.2. The summed E-state index contributed by atoms with van der Waals surface area (Å²) >= 11 is 1.54. The van der Waals surface area contributed by atoms with Crippen molar-refractivity contribution >= 4 is 17.2 Å². The van der Waals surface area contributed by atoms with Crippen molar-refractivity contribution in [2.45, 2.75) is 13.0 Å². The lowest BCUT2D eigenvalue weighted by Gasteiger charge is -2.34. The molecule has 0 spiro atoms. The average Bonchev–Trinajstić information content (AvgIpc) is 3.28. The molecular formula is C24H27N3O3S. The smallest absolute Gasteiger partial charge is 0.228 e. The van der Waals surface area contributed by atoms with E-state index in [9.17, 15) is 4.79 Å². The maximum absolute atomic E-state index is 12.8. The van der Waals surface area contributed by atoms with Crippen molar-refractivity contribution in [3.63, 3.8) is 0 Å². The number of amides is 1. The molecule has 6 nitrogen and oxygen atoms in total. The fourth-order valence-electron chi connectivity index (χ4n) is 3.75. The van der Waals surface area contributed by atoms with Crippen LogP contribution in [0.4, 0.5) is 0 Å². The van der Waals surface area contributed by atoms with Gasteiger partial charge in [0.05, 0.1) is 26.3 Å². The zero-order chi connectivity index (χ0) is 21.6. The third-order valence-electron chi connectivity index (χ3n) is 5.49. The van der Waals surface area contributed by atoms with Gasteiger partial charge in [-0.2, -0.15) is 0 Å². The van der Waals surface area contributed by atoms with E-state index in [1.165, 1.54) is 16.9 Å². The Hall–Kier alpha value is -2.90. The number of nitrogens with zero attached hydrogens (tertiary/aromatic N) is 3. The van der Waals surface area contributed by atoms with Crippen molar-refractivity contribution in [3.05, 3.63) is 65.2 Å². The van der Waals surface area contributed by atoms with Crippen molar-refractivity contribution in [1.82, 2.24) is 14.8 Å². The van der Waals surface area contributed by atoms with Gasteiger partial charge in [0, 0.05) is 43.7 Å². The molecule has 1 fully saturated rings. The quantitative estimate of drug-likeness (QED) is 0.564. The molecule has 0 saturated carbocycles. The molecule has 1 aliphatic heterocycles. The second-order valence-electron chi connectivity index (χ2n) is 7.53. The Morgan fingerprint density at radius 3 is 2.45 bits per heavy atom. The predicted octanol–water partition coefficient (Wildman–Crippen LogP) is 3.71. The molecule has 7 heteroatoms. The molecule has 1 amide bonds. The Balaban J connectivity index is 1.32. The molecule has 0 unspecified atom stereocenters. The molecule has 1 saturated heterocycles. The zero-order valence-electron chi connectivity index (χ0n) is 17.9. The van der Waals surface area contributed by atoms with Gasteiger partial charge in [-0.15, -0.1) is 11.3 Å². The minimum Gasteiger partial charge on any atom is -0.493 e. The monoisotopic (exact) mass is 437 g/mol. The van der Waals surface area contributed by atoms with Crippen LogP contribution in [0.2, 0.25) is 0 Å². The third kappa shape index (κ3) is 5.24.